The second-order valence-electron chi connectivity index (χ2n) is 7.92. The van der Waals surface area contributed by atoms with Crippen LogP contribution in [0.25, 0.3) is 11.1 Å². The van der Waals surface area contributed by atoms with E-state index in [0.717, 1.165) is 16.7 Å². The lowest BCUT2D eigenvalue weighted by Crippen LogP contribution is -2.43. The van der Waals surface area contributed by atoms with Gasteiger partial charge >= 0.3 is 5.69 Å². The maximum absolute atomic E-state index is 13.7. The van der Waals surface area contributed by atoms with Crippen molar-refractivity contribution in [2.45, 2.75) is 39.9 Å². The molecule has 2 aromatic carbocycles. The minimum absolute atomic E-state index is 0.0821. The number of carbonyl (C=O) groups is 1. The molecule has 7 heteroatoms. The second-order valence-corrected chi connectivity index (χ2v) is 7.92. The first-order chi connectivity index (χ1) is 14.8. The summed E-state index contributed by atoms with van der Waals surface area (Å²) in [5.74, 6) is 0.213. The molecule has 1 aliphatic rings. The summed E-state index contributed by atoms with van der Waals surface area (Å²) in [5.41, 5.74) is 3.33. The van der Waals surface area contributed by atoms with Crippen molar-refractivity contribution in [3.63, 3.8) is 0 Å². The SMILES string of the molecule is Cc1cc(C)n(CC(=O)N2Cc3cc(-c4cccc(F)c4)ccc3OC[C@@H]2C)c(=O)n1. The van der Waals surface area contributed by atoms with Crippen molar-refractivity contribution in [3.8, 4) is 16.9 Å². The fraction of sp³-hybridized carbons (Fsp3) is 0.292. The van der Waals surface area contributed by atoms with Crippen LogP contribution in [0.15, 0.2) is 53.3 Å². The summed E-state index contributed by atoms with van der Waals surface area (Å²) in [5, 5.41) is 0. The number of carbonyl (C=O) groups excluding carboxylic acids is 1. The third kappa shape index (κ3) is 4.35. The van der Waals surface area contributed by atoms with Gasteiger partial charge in [-0.1, -0.05) is 18.2 Å². The molecular formula is C24H24FN3O3. The number of halogens is 1. The van der Waals surface area contributed by atoms with Crippen LogP contribution in [0.5, 0.6) is 5.75 Å². The molecular weight excluding hydrogens is 397 g/mol. The average molecular weight is 421 g/mol. The normalized spacial score (nSPS) is 15.7. The van der Waals surface area contributed by atoms with Crippen LogP contribution in [-0.2, 0) is 17.9 Å². The van der Waals surface area contributed by atoms with E-state index < -0.39 is 5.69 Å². The zero-order valence-electron chi connectivity index (χ0n) is 17.8. The molecule has 1 atom stereocenters. The summed E-state index contributed by atoms with van der Waals surface area (Å²) in [7, 11) is 0. The number of fused-ring (bicyclic) bond motifs is 1. The number of aryl methyl sites for hydroxylation is 2. The van der Waals surface area contributed by atoms with Crippen molar-refractivity contribution in [1.82, 2.24) is 14.5 Å². The predicted octanol–water partition coefficient (Wildman–Crippen LogP) is 3.48. The van der Waals surface area contributed by atoms with E-state index in [1.165, 1.54) is 16.7 Å². The molecule has 160 valence electrons. The smallest absolute Gasteiger partial charge is 0.348 e. The first-order valence-corrected chi connectivity index (χ1v) is 10.2. The van der Waals surface area contributed by atoms with Gasteiger partial charge < -0.3 is 9.64 Å². The van der Waals surface area contributed by atoms with Crippen LogP contribution in [0.1, 0.15) is 23.9 Å². The van der Waals surface area contributed by atoms with Crippen LogP contribution in [0.4, 0.5) is 4.39 Å². The fourth-order valence-corrected chi connectivity index (χ4v) is 3.86. The highest BCUT2D eigenvalue weighted by molar-refractivity contribution is 5.77. The Hall–Kier alpha value is -3.48. The maximum Gasteiger partial charge on any atom is 0.348 e. The van der Waals surface area contributed by atoms with Crippen LogP contribution >= 0.6 is 0 Å². The Kier molecular flexibility index (Phi) is 5.59. The second kappa shape index (κ2) is 8.34. The summed E-state index contributed by atoms with van der Waals surface area (Å²) in [6, 6.07) is 13.7. The molecule has 0 spiro atoms. The van der Waals surface area contributed by atoms with E-state index in [4.69, 9.17) is 4.74 Å². The van der Waals surface area contributed by atoms with E-state index in [1.807, 2.05) is 31.2 Å². The minimum Gasteiger partial charge on any atom is -0.491 e. The Morgan fingerprint density at radius 1 is 1.16 bits per heavy atom. The monoisotopic (exact) mass is 421 g/mol. The molecule has 0 unspecified atom stereocenters. The van der Waals surface area contributed by atoms with Gasteiger partial charge in [-0.05, 0) is 62.2 Å². The molecule has 0 fully saturated rings. The van der Waals surface area contributed by atoms with Gasteiger partial charge in [0.1, 0.15) is 24.7 Å². The van der Waals surface area contributed by atoms with Crippen molar-refractivity contribution in [2.75, 3.05) is 6.61 Å². The number of ether oxygens (including phenoxy) is 1. The summed E-state index contributed by atoms with van der Waals surface area (Å²) in [4.78, 5) is 31.1. The van der Waals surface area contributed by atoms with E-state index >= 15 is 0 Å². The highest BCUT2D eigenvalue weighted by atomic mass is 19.1. The van der Waals surface area contributed by atoms with E-state index in [0.29, 0.717) is 30.3 Å². The third-order valence-electron chi connectivity index (χ3n) is 5.53. The van der Waals surface area contributed by atoms with Gasteiger partial charge in [-0.15, -0.1) is 0 Å². The molecule has 3 aromatic rings. The van der Waals surface area contributed by atoms with E-state index in [2.05, 4.69) is 4.98 Å². The van der Waals surface area contributed by atoms with Crippen LogP contribution in [0, 0.1) is 19.7 Å². The zero-order chi connectivity index (χ0) is 22.1. The Morgan fingerprint density at radius 2 is 1.94 bits per heavy atom. The highest BCUT2D eigenvalue weighted by Crippen LogP contribution is 2.30. The van der Waals surface area contributed by atoms with Crippen molar-refractivity contribution >= 4 is 5.91 Å². The first-order valence-electron chi connectivity index (χ1n) is 10.2. The number of rotatable bonds is 3. The number of nitrogens with zero attached hydrogens (tertiary/aromatic N) is 3. The van der Waals surface area contributed by atoms with E-state index in [-0.39, 0.29) is 24.3 Å². The molecule has 0 saturated heterocycles. The number of hydrogen-bond acceptors (Lipinski definition) is 4. The summed E-state index contributed by atoms with van der Waals surface area (Å²) >= 11 is 0. The van der Waals surface area contributed by atoms with Crippen LogP contribution < -0.4 is 10.4 Å². The molecule has 1 aliphatic heterocycles. The molecule has 1 aromatic heterocycles. The molecule has 0 N–H and O–H groups in total. The fourth-order valence-electron chi connectivity index (χ4n) is 3.86. The quantitative estimate of drug-likeness (QED) is 0.650. The van der Waals surface area contributed by atoms with E-state index in [1.54, 1.807) is 30.9 Å². The maximum atomic E-state index is 13.7. The van der Waals surface area contributed by atoms with Crippen molar-refractivity contribution in [2.24, 2.45) is 0 Å². The van der Waals surface area contributed by atoms with Gasteiger partial charge in [0.05, 0.1) is 6.04 Å². The Bertz CT molecular complexity index is 1200. The standard InChI is InChI=1S/C24H24FN3O3/c1-15-9-16(2)28(24(30)26-15)13-23(29)27-12-20-10-19(18-5-4-6-21(25)11-18)7-8-22(20)31-14-17(27)3/h4-11,17H,12-14H2,1-3H3/t17-/m0/s1. The highest BCUT2D eigenvalue weighted by Gasteiger charge is 2.26. The molecule has 31 heavy (non-hydrogen) atoms. The molecule has 0 radical (unpaired) electrons. The largest absolute Gasteiger partial charge is 0.491 e. The van der Waals surface area contributed by atoms with Crippen LogP contribution in [0.2, 0.25) is 0 Å². The Labute approximate surface area is 179 Å². The number of benzene rings is 2. The molecule has 2 heterocycles. The van der Waals surface area contributed by atoms with Crippen molar-refractivity contribution in [1.29, 1.82) is 0 Å². The minimum atomic E-state index is -0.432. The van der Waals surface area contributed by atoms with Crippen LogP contribution in [0.3, 0.4) is 0 Å². The van der Waals surface area contributed by atoms with Gasteiger partial charge in [0.25, 0.3) is 0 Å². The molecule has 0 aliphatic carbocycles. The van der Waals surface area contributed by atoms with Gasteiger partial charge in [-0.2, -0.15) is 4.98 Å². The molecule has 0 saturated carbocycles. The number of hydrogen-bond donors (Lipinski definition) is 0. The summed E-state index contributed by atoms with van der Waals surface area (Å²) in [6.45, 7) is 6.06. The zero-order valence-corrected chi connectivity index (χ0v) is 17.8. The van der Waals surface area contributed by atoms with E-state index in [9.17, 15) is 14.0 Å². The lowest BCUT2D eigenvalue weighted by atomic mass is 10.0. The summed E-state index contributed by atoms with van der Waals surface area (Å²) < 4.78 is 21.0. The van der Waals surface area contributed by atoms with Gasteiger partial charge in [0, 0.05) is 23.5 Å². The van der Waals surface area contributed by atoms with Gasteiger partial charge in [0.2, 0.25) is 5.91 Å². The molecule has 1 amide bonds. The van der Waals surface area contributed by atoms with Crippen molar-refractivity contribution in [3.05, 3.63) is 81.8 Å². The Balaban J connectivity index is 1.63. The number of amides is 1. The lowest BCUT2D eigenvalue weighted by molar-refractivity contribution is -0.135. The Morgan fingerprint density at radius 3 is 2.68 bits per heavy atom. The lowest BCUT2D eigenvalue weighted by Gasteiger charge is -2.27. The predicted molar refractivity (Wildman–Crippen MR) is 115 cm³/mol. The van der Waals surface area contributed by atoms with Gasteiger partial charge in [-0.3, -0.25) is 9.36 Å². The average Bonchev–Trinajstić information content (AvgIpc) is 2.89. The molecule has 0 bridgehead atoms. The number of aromatic nitrogens is 2. The third-order valence-corrected chi connectivity index (χ3v) is 5.53. The molecule has 6 nitrogen and oxygen atoms in total. The van der Waals surface area contributed by atoms with Gasteiger partial charge in [0.15, 0.2) is 0 Å². The molecule has 4 rings (SSSR count). The van der Waals surface area contributed by atoms with Crippen LogP contribution in [-0.4, -0.2) is 33.0 Å². The first kappa shape index (κ1) is 20.8. The van der Waals surface area contributed by atoms with Crippen molar-refractivity contribution < 1.29 is 13.9 Å². The topological polar surface area (TPSA) is 64.4 Å². The summed E-state index contributed by atoms with van der Waals surface area (Å²) in [6.07, 6.45) is 0. The van der Waals surface area contributed by atoms with Gasteiger partial charge in [-0.25, -0.2) is 9.18 Å².